The molecule has 10 heteroatoms. The van der Waals surface area contributed by atoms with Crippen LogP contribution in [0.5, 0.6) is 11.5 Å². The minimum absolute atomic E-state index is 0.0141. The number of nitrogens with one attached hydrogen (secondary N) is 1. The standard InChI is InChI=1S/C22H20N2O6S2/c1-12-3-6-14(7-4-12)24-18(25)11-31-21(24)13-5-8-15(16(9-13)29-2)30-19(26)10-17-20(27)23-22(28)32-17/h3-9,17,21H,10-11H2,1-2H3,(H,23,27,28). The summed E-state index contributed by atoms with van der Waals surface area (Å²) in [5.74, 6) is -0.243. The molecule has 4 rings (SSSR count). The molecule has 0 spiro atoms. The van der Waals surface area contributed by atoms with Crippen LogP contribution in [-0.4, -0.2) is 41.1 Å². The van der Waals surface area contributed by atoms with Crippen LogP contribution in [0.2, 0.25) is 0 Å². The zero-order valence-corrected chi connectivity index (χ0v) is 19.0. The number of hydrogen-bond donors (Lipinski definition) is 1. The molecule has 2 saturated heterocycles. The van der Waals surface area contributed by atoms with Gasteiger partial charge in [-0.1, -0.05) is 35.5 Å². The van der Waals surface area contributed by atoms with Crippen LogP contribution in [0.15, 0.2) is 42.5 Å². The van der Waals surface area contributed by atoms with Crippen LogP contribution >= 0.6 is 23.5 Å². The Hall–Kier alpha value is -2.98. The number of anilines is 1. The van der Waals surface area contributed by atoms with Crippen molar-refractivity contribution in [2.24, 2.45) is 0 Å². The highest BCUT2D eigenvalue weighted by Crippen LogP contribution is 2.44. The van der Waals surface area contributed by atoms with Gasteiger partial charge in [0.2, 0.25) is 11.8 Å². The molecule has 2 aliphatic rings. The van der Waals surface area contributed by atoms with E-state index in [4.69, 9.17) is 9.47 Å². The number of carbonyl (C=O) groups is 4. The minimum atomic E-state index is -0.802. The molecular formula is C22H20N2O6S2. The predicted molar refractivity (Wildman–Crippen MR) is 122 cm³/mol. The number of methoxy groups -OCH3 is 1. The normalized spacial score (nSPS) is 20.4. The van der Waals surface area contributed by atoms with Crippen LogP contribution < -0.4 is 19.7 Å². The second-order valence-corrected chi connectivity index (χ2v) is 9.48. The van der Waals surface area contributed by atoms with Crippen molar-refractivity contribution in [3.05, 3.63) is 53.6 Å². The van der Waals surface area contributed by atoms with Crippen molar-refractivity contribution in [1.29, 1.82) is 0 Å². The van der Waals surface area contributed by atoms with E-state index in [-0.39, 0.29) is 23.5 Å². The topological polar surface area (TPSA) is 102 Å². The fourth-order valence-electron chi connectivity index (χ4n) is 3.42. The summed E-state index contributed by atoms with van der Waals surface area (Å²) in [7, 11) is 1.46. The maximum absolute atomic E-state index is 12.6. The molecule has 2 atom stereocenters. The maximum Gasteiger partial charge on any atom is 0.312 e. The number of aryl methyl sites for hydroxylation is 1. The summed E-state index contributed by atoms with van der Waals surface area (Å²) < 4.78 is 10.8. The van der Waals surface area contributed by atoms with Crippen molar-refractivity contribution < 1.29 is 28.7 Å². The van der Waals surface area contributed by atoms with Gasteiger partial charge in [0.15, 0.2) is 11.5 Å². The smallest absolute Gasteiger partial charge is 0.312 e. The molecule has 0 aliphatic carbocycles. The molecule has 0 aromatic heterocycles. The van der Waals surface area contributed by atoms with Gasteiger partial charge in [-0.05, 0) is 36.8 Å². The van der Waals surface area contributed by atoms with Gasteiger partial charge in [0, 0.05) is 5.69 Å². The number of hydrogen-bond acceptors (Lipinski definition) is 8. The van der Waals surface area contributed by atoms with E-state index >= 15 is 0 Å². The number of esters is 1. The van der Waals surface area contributed by atoms with Crippen LogP contribution in [-0.2, 0) is 14.4 Å². The molecule has 0 saturated carbocycles. The Morgan fingerprint density at radius 3 is 2.53 bits per heavy atom. The fraction of sp³-hybridized carbons (Fsp3) is 0.273. The molecule has 32 heavy (non-hydrogen) atoms. The summed E-state index contributed by atoms with van der Waals surface area (Å²) >= 11 is 2.27. The van der Waals surface area contributed by atoms with Crippen molar-refractivity contribution in [2.45, 2.75) is 24.0 Å². The van der Waals surface area contributed by atoms with Gasteiger partial charge in [-0.15, -0.1) is 11.8 Å². The number of imide groups is 1. The second-order valence-electron chi connectivity index (χ2n) is 7.23. The molecule has 1 N–H and O–H groups in total. The summed E-state index contributed by atoms with van der Waals surface area (Å²) in [6.45, 7) is 1.99. The Labute approximate surface area is 193 Å². The zero-order valence-electron chi connectivity index (χ0n) is 17.3. The summed E-state index contributed by atoms with van der Waals surface area (Å²) in [4.78, 5) is 49.5. The van der Waals surface area contributed by atoms with Gasteiger partial charge >= 0.3 is 5.97 Å². The third kappa shape index (κ3) is 4.61. The van der Waals surface area contributed by atoms with E-state index < -0.39 is 22.4 Å². The van der Waals surface area contributed by atoms with Gasteiger partial charge in [-0.2, -0.15) is 0 Å². The van der Waals surface area contributed by atoms with E-state index in [2.05, 4.69) is 5.32 Å². The first-order valence-electron chi connectivity index (χ1n) is 9.76. The van der Waals surface area contributed by atoms with Crippen LogP contribution in [0.3, 0.4) is 0 Å². The molecular weight excluding hydrogens is 452 g/mol. The first kappa shape index (κ1) is 22.2. The number of carbonyl (C=O) groups excluding carboxylic acids is 4. The Balaban J connectivity index is 1.52. The highest BCUT2D eigenvalue weighted by Gasteiger charge is 2.36. The lowest BCUT2D eigenvalue weighted by atomic mass is 10.1. The molecule has 0 bridgehead atoms. The molecule has 2 aromatic carbocycles. The van der Waals surface area contributed by atoms with Crippen molar-refractivity contribution in [2.75, 3.05) is 17.8 Å². The highest BCUT2D eigenvalue weighted by atomic mass is 32.2. The molecule has 166 valence electrons. The number of rotatable bonds is 6. The van der Waals surface area contributed by atoms with Crippen molar-refractivity contribution in [3.63, 3.8) is 0 Å². The SMILES string of the molecule is COc1cc(C2SCC(=O)N2c2ccc(C)cc2)ccc1OC(=O)CC1SC(=O)NC1=O. The van der Waals surface area contributed by atoms with E-state index in [0.717, 1.165) is 28.6 Å². The summed E-state index contributed by atoms with van der Waals surface area (Å²) in [5, 5.41) is 0.620. The third-order valence-electron chi connectivity index (χ3n) is 5.00. The Kier molecular flexibility index (Phi) is 6.43. The predicted octanol–water partition coefficient (Wildman–Crippen LogP) is 3.43. The summed E-state index contributed by atoms with van der Waals surface area (Å²) in [6, 6.07) is 12.9. The van der Waals surface area contributed by atoms with E-state index in [1.165, 1.54) is 18.9 Å². The highest BCUT2D eigenvalue weighted by molar-refractivity contribution is 8.15. The number of ether oxygens (including phenoxy) is 2. The molecule has 8 nitrogen and oxygen atoms in total. The van der Waals surface area contributed by atoms with Crippen LogP contribution in [0, 0.1) is 6.92 Å². The molecule has 2 fully saturated rings. The molecule has 0 radical (unpaired) electrons. The largest absolute Gasteiger partial charge is 0.493 e. The molecule has 2 aromatic rings. The van der Waals surface area contributed by atoms with Gasteiger partial charge in [0.25, 0.3) is 5.24 Å². The Morgan fingerprint density at radius 1 is 1.12 bits per heavy atom. The average Bonchev–Trinajstić information content (AvgIpc) is 3.30. The lowest BCUT2D eigenvalue weighted by Crippen LogP contribution is -2.28. The van der Waals surface area contributed by atoms with Gasteiger partial charge in [-0.3, -0.25) is 29.4 Å². The summed E-state index contributed by atoms with van der Waals surface area (Å²) in [5.41, 5.74) is 2.75. The number of thioether (sulfide) groups is 2. The van der Waals surface area contributed by atoms with Gasteiger partial charge in [0.05, 0.1) is 19.3 Å². The van der Waals surface area contributed by atoms with Gasteiger partial charge < -0.3 is 9.47 Å². The quantitative estimate of drug-likeness (QED) is 0.504. The monoisotopic (exact) mass is 472 g/mol. The third-order valence-corrected chi connectivity index (χ3v) is 7.19. The first-order chi connectivity index (χ1) is 15.4. The number of benzene rings is 2. The summed E-state index contributed by atoms with van der Waals surface area (Å²) in [6.07, 6.45) is -0.235. The van der Waals surface area contributed by atoms with Crippen molar-refractivity contribution in [1.82, 2.24) is 5.32 Å². The Bertz CT molecular complexity index is 1090. The maximum atomic E-state index is 12.6. The molecule has 2 aliphatic heterocycles. The minimum Gasteiger partial charge on any atom is -0.493 e. The Morgan fingerprint density at radius 2 is 1.88 bits per heavy atom. The van der Waals surface area contributed by atoms with Crippen LogP contribution in [0.25, 0.3) is 0 Å². The van der Waals surface area contributed by atoms with Gasteiger partial charge in [0.1, 0.15) is 10.6 Å². The zero-order chi connectivity index (χ0) is 22.8. The fourth-order valence-corrected chi connectivity index (χ4v) is 5.39. The van der Waals surface area contributed by atoms with Crippen LogP contribution in [0.4, 0.5) is 10.5 Å². The van der Waals surface area contributed by atoms with Crippen LogP contribution in [0.1, 0.15) is 22.9 Å². The average molecular weight is 473 g/mol. The van der Waals surface area contributed by atoms with Gasteiger partial charge in [-0.25, -0.2) is 0 Å². The molecule has 3 amide bonds. The van der Waals surface area contributed by atoms with E-state index in [1.807, 2.05) is 31.2 Å². The van der Waals surface area contributed by atoms with E-state index in [0.29, 0.717) is 11.5 Å². The molecule has 2 heterocycles. The lowest BCUT2D eigenvalue weighted by Gasteiger charge is -2.25. The first-order valence-corrected chi connectivity index (χ1v) is 11.7. The van der Waals surface area contributed by atoms with E-state index in [1.54, 1.807) is 23.1 Å². The van der Waals surface area contributed by atoms with Crippen molar-refractivity contribution >= 4 is 52.2 Å². The number of nitrogens with zero attached hydrogens (tertiary/aromatic N) is 1. The second kappa shape index (κ2) is 9.25. The van der Waals surface area contributed by atoms with E-state index in [9.17, 15) is 19.2 Å². The molecule has 2 unspecified atom stereocenters. The number of amides is 3. The van der Waals surface area contributed by atoms with Crippen molar-refractivity contribution in [3.8, 4) is 11.5 Å². The lowest BCUT2D eigenvalue weighted by molar-refractivity contribution is -0.136.